The van der Waals surface area contributed by atoms with E-state index in [0.29, 0.717) is 108 Å². The molecule has 0 saturated heterocycles. The van der Waals surface area contributed by atoms with Gasteiger partial charge in [0.15, 0.2) is 0 Å². The van der Waals surface area contributed by atoms with Crippen molar-refractivity contribution in [1.29, 1.82) is 0 Å². The summed E-state index contributed by atoms with van der Waals surface area (Å²) in [5, 5.41) is 8.91. The topological polar surface area (TPSA) is 251 Å². The van der Waals surface area contributed by atoms with Crippen molar-refractivity contribution < 1.29 is 38.1 Å². The summed E-state index contributed by atoms with van der Waals surface area (Å²) in [6, 6.07) is 37.2. The average molecular weight is 1140 g/mol. The Kier molecular flexibility index (Phi) is 29.2. The quantitative estimate of drug-likeness (QED) is 0.0225. The van der Waals surface area contributed by atoms with Crippen LogP contribution in [0.4, 0.5) is 11.6 Å². The fourth-order valence-corrected chi connectivity index (χ4v) is 9.10. The van der Waals surface area contributed by atoms with Gasteiger partial charge >= 0.3 is 0 Å². The van der Waals surface area contributed by atoms with Crippen LogP contribution in [0.15, 0.2) is 128 Å². The van der Waals surface area contributed by atoms with E-state index in [1.54, 1.807) is 12.4 Å². The number of unbranched alkanes of at least 4 members (excludes halogenated alkanes) is 5. The number of primary amides is 1. The van der Waals surface area contributed by atoms with E-state index in [1.165, 1.54) is 0 Å². The lowest BCUT2D eigenvalue weighted by atomic mass is 10.1. The number of rotatable bonds is 41. The van der Waals surface area contributed by atoms with Gasteiger partial charge in [0.25, 0.3) is 0 Å². The van der Waals surface area contributed by atoms with Crippen molar-refractivity contribution in [3.8, 4) is 5.75 Å². The molecule has 1 unspecified atom stereocenters. The minimum atomic E-state index is -0.785. The lowest BCUT2D eigenvalue weighted by Gasteiger charge is -2.25. The molecule has 2 aromatic carbocycles. The first kappa shape index (κ1) is 64.6. The van der Waals surface area contributed by atoms with Crippen LogP contribution in [-0.2, 0) is 85.6 Å². The monoisotopic (exact) mass is 1140 g/mol. The first-order valence-corrected chi connectivity index (χ1v) is 29.2. The van der Waals surface area contributed by atoms with E-state index < -0.39 is 12.0 Å². The highest BCUT2D eigenvalue weighted by atomic mass is 16.5. The lowest BCUT2D eigenvalue weighted by molar-refractivity contribution is -0.130. The molecule has 1 atom stereocenters. The summed E-state index contributed by atoms with van der Waals surface area (Å²) in [6.07, 6.45) is 11.1. The first-order valence-electron chi connectivity index (χ1n) is 29.2. The summed E-state index contributed by atoms with van der Waals surface area (Å²) in [7, 11) is 0. The Labute approximate surface area is 489 Å². The molecule has 4 aromatic heterocycles. The highest BCUT2D eigenvalue weighted by Gasteiger charge is 2.19. The van der Waals surface area contributed by atoms with E-state index in [2.05, 4.69) is 67.8 Å². The van der Waals surface area contributed by atoms with E-state index in [9.17, 15) is 19.2 Å². The number of hydrogen-bond donors (Lipinski definition) is 5. The van der Waals surface area contributed by atoms with Crippen LogP contribution < -0.4 is 32.2 Å². The summed E-state index contributed by atoms with van der Waals surface area (Å²) in [5.74, 6) is 0.882. The Balaban J connectivity index is 1.08. The summed E-state index contributed by atoms with van der Waals surface area (Å²) < 4.78 is 23.3. The zero-order chi connectivity index (χ0) is 58.7. The summed E-state index contributed by atoms with van der Waals surface area (Å²) in [6.45, 7) is 9.37. The van der Waals surface area contributed by atoms with Crippen molar-refractivity contribution in [3.05, 3.63) is 173 Å². The predicted molar refractivity (Wildman–Crippen MR) is 321 cm³/mol. The molecule has 7 N–H and O–H groups in total. The second-order valence-corrected chi connectivity index (χ2v) is 20.5. The van der Waals surface area contributed by atoms with Crippen LogP contribution >= 0.6 is 0 Å². The number of nitrogens with one attached hydrogen (secondary N) is 3. The number of amides is 4. The number of nitrogens with zero attached hydrogens (tertiary/aromatic N) is 6. The van der Waals surface area contributed by atoms with E-state index in [1.807, 2.05) is 97.1 Å². The molecule has 0 saturated carbocycles. The van der Waals surface area contributed by atoms with Gasteiger partial charge in [-0.25, -0.2) is 9.97 Å². The maximum Gasteiger partial charge on any atom is 0.246 e. The molecule has 19 nitrogen and oxygen atoms in total. The predicted octanol–water partition coefficient (Wildman–Crippen LogP) is 8.59. The summed E-state index contributed by atoms with van der Waals surface area (Å²) >= 11 is 0. The largest absolute Gasteiger partial charge is 0.494 e. The van der Waals surface area contributed by atoms with Gasteiger partial charge in [-0.2, -0.15) is 0 Å². The highest BCUT2D eigenvalue weighted by Crippen LogP contribution is 2.24. The van der Waals surface area contributed by atoms with Crippen LogP contribution in [0.3, 0.4) is 0 Å². The van der Waals surface area contributed by atoms with Gasteiger partial charge in [0.1, 0.15) is 30.1 Å². The molecule has 83 heavy (non-hydrogen) atoms. The average Bonchev–Trinajstić information content (AvgIpc) is 3.57. The van der Waals surface area contributed by atoms with Crippen molar-refractivity contribution in [1.82, 2.24) is 35.1 Å². The number of ether oxygens (including phenoxy) is 4. The molecule has 0 aliphatic carbocycles. The molecular weight excluding hydrogens is 1050 g/mol. The Bertz CT molecular complexity index is 2710. The van der Waals surface area contributed by atoms with E-state index in [0.717, 1.165) is 83.6 Å². The first-order chi connectivity index (χ1) is 40.5. The molecule has 444 valence electrons. The maximum atomic E-state index is 12.8. The summed E-state index contributed by atoms with van der Waals surface area (Å²) in [5.41, 5.74) is 18.6. The van der Waals surface area contributed by atoms with Crippen molar-refractivity contribution in [2.45, 2.75) is 136 Å². The molecule has 6 rings (SSSR count). The standard InChI is InChI=1S/C64H85N11O8/c1-3-5-7-23-61(76)72-59-21-15-19-55(70-59)46-74(44-53-17-9-11-29-67-53)42-51-37-52(43-75(45-54-18-10-12-30-68-54)47-56-20-16-22-60(71-56)73-62(77)24-8-6-4-2)39-57(38-51)82-32-14-13-31-69-63(78)48-81-34-33-80-35-36-83-58(64(66)79)40-49-25-27-50(41-65)28-26-49/h9-12,15-22,25-30,37-39,58H,3-8,13-14,23-24,31-36,40-48,65H2,1-2H3,(H2,66,79)(H,69,78)(H,70,72,76)(H,71,73,77). The minimum Gasteiger partial charge on any atom is -0.494 e. The number of carbonyl (C=O) groups excluding carboxylic acids is 4. The van der Waals surface area contributed by atoms with Gasteiger partial charge in [0.05, 0.1) is 55.8 Å². The Hall–Kier alpha value is -7.52. The van der Waals surface area contributed by atoms with Crippen molar-refractivity contribution in [2.24, 2.45) is 11.5 Å². The number of hydrogen-bond acceptors (Lipinski definition) is 15. The zero-order valence-electron chi connectivity index (χ0n) is 48.5. The van der Waals surface area contributed by atoms with Crippen molar-refractivity contribution in [3.63, 3.8) is 0 Å². The Morgan fingerprint density at radius 3 is 1.59 bits per heavy atom. The molecule has 4 heterocycles. The fraction of sp³-hybridized carbons (Fsp3) is 0.438. The Morgan fingerprint density at radius 1 is 0.530 bits per heavy atom. The number of carbonyl (C=O) groups is 4. The molecule has 0 spiro atoms. The van der Waals surface area contributed by atoms with Gasteiger partial charge in [-0.3, -0.25) is 38.9 Å². The van der Waals surface area contributed by atoms with Gasteiger partial charge in [-0.15, -0.1) is 0 Å². The van der Waals surface area contributed by atoms with Crippen LogP contribution in [0, 0.1) is 0 Å². The second kappa shape index (κ2) is 37.6. The molecule has 6 aromatic rings. The van der Waals surface area contributed by atoms with Gasteiger partial charge < -0.3 is 46.4 Å². The van der Waals surface area contributed by atoms with Crippen LogP contribution in [0.2, 0.25) is 0 Å². The van der Waals surface area contributed by atoms with Gasteiger partial charge in [-0.1, -0.05) is 94.1 Å². The number of benzene rings is 2. The molecule has 0 fully saturated rings. The van der Waals surface area contributed by atoms with Gasteiger partial charge in [0.2, 0.25) is 23.6 Å². The molecule has 0 aliphatic heterocycles. The second-order valence-electron chi connectivity index (χ2n) is 20.5. The summed E-state index contributed by atoms with van der Waals surface area (Å²) in [4.78, 5) is 73.9. The zero-order valence-corrected chi connectivity index (χ0v) is 48.5. The van der Waals surface area contributed by atoms with Gasteiger partial charge in [0, 0.05) is 84.0 Å². The van der Waals surface area contributed by atoms with Crippen LogP contribution in [0.25, 0.3) is 0 Å². The van der Waals surface area contributed by atoms with E-state index in [4.69, 9.17) is 40.4 Å². The highest BCUT2D eigenvalue weighted by molar-refractivity contribution is 5.90. The maximum absolute atomic E-state index is 12.8. The molecular formula is C64H85N11O8. The van der Waals surface area contributed by atoms with Crippen molar-refractivity contribution >= 4 is 35.3 Å². The van der Waals surface area contributed by atoms with E-state index >= 15 is 0 Å². The van der Waals surface area contributed by atoms with Gasteiger partial charge in [-0.05, 0) is 109 Å². The minimum absolute atomic E-state index is 0.0448. The molecule has 0 bridgehead atoms. The van der Waals surface area contributed by atoms with Crippen LogP contribution in [-0.4, -0.2) is 106 Å². The number of nitrogens with two attached hydrogens (primary N) is 2. The Morgan fingerprint density at radius 2 is 1.06 bits per heavy atom. The lowest BCUT2D eigenvalue weighted by Crippen LogP contribution is -2.34. The number of anilines is 2. The van der Waals surface area contributed by atoms with Crippen molar-refractivity contribution in [2.75, 3.05) is 56.8 Å². The van der Waals surface area contributed by atoms with Crippen LogP contribution in [0.1, 0.15) is 123 Å². The third kappa shape index (κ3) is 26.1. The van der Waals surface area contributed by atoms with E-state index in [-0.39, 0.29) is 50.8 Å². The number of pyridine rings is 4. The molecule has 19 heteroatoms. The third-order valence-corrected chi connectivity index (χ3v) is 13.3. The fourth-order valence-electron chi connectivity index (χ4n) is 9.10. The molecule has 4 amide bonds. The SMILES string of the molecule is CCCCCC(=O)Nc1cccc(CN(Cc2cc(CN(Cc3ccccn3)Cc3cccc(NC(=O)CCCCC)n3)cc(OCCCCNC(=O)COCCOCCOC(Cc3ccc(CN)cc3)C(N)=O)c2)Cc2ccccn2)n1. The van der Waals surface area contributed by atoms with Crippen LogP contribution in [0.5, 0.6) is 5.75 Å². The smallest absolute Gasteiger partial charge is 0.246 e. The normalized spacial score (nSPS) is 11.6. The number of aromatic nitrogens is 4. The third-order valence-electron chi connectivity index (χ3n) is 13.3. The molecule has 0 aliphatic rings. The molecule has 0 radical (unpaired) electrons.